The van der Waals surface area contributed by atoms with Crippen molar-refractivity contribution in [2.24, 2.45) is 0 Å². The van der Waals surface area contributed by atoms with Gasteiger partial charge >= 0.3 is 11.8 Å². The molecule has 0 unspecified atom stereocenters. The normalized spacial score (nSPS) is 9.55. The standard InChI is InChI=1S/C7H6O4/c1-4-2-3-5(11-4)6(8)7(9)10/h2-3H,1H3,(H,9,10). The van der Waals surface area contributed by atoms with Crippen molar-refractivity contribution in [2.45, 2.75) is 6.92 Å². The number of carbonyl (C=O) groups excluding carboxylic acids is 1. The highest BCUT2D eigenvalue weighted by atomic mass is 16.4. The van der Waals surface area contributed by atoms with Gasteiger partial charge < -0.3 is 9.52 Å². The van der Waals surface area contributed by atoms with E-state index in [1.165, 1.54) is 12.1 Å². The van der Waals surface area contributed by atoms with Crippen LogP contribution in [-0.2, 0) is 4.79 Å². The Balaban J connectivity index is 2.94. The smallest absolute Gasteiger partial charge is 0.380 e. The fraction of sp³-hybridized carbons (Fsp3) is 0.143. The quantitative estimate of drug-likeness (QED) is 0.506. The van der Waals surface area contributed by atoms with Gasteiger partial charge in [-0.15, -0.1) is 0 Å². The minimum Gasteiger partial charge on any atom is -0.475 e. The van der Waals surface area contributed by atoms with Gasteiger partial charge in [-0.05, 0) is 19.1 Å². The van der Waals surface area contributed by atoms with E-state index in [-0.39, 0.29) is 5.76 Å². The lowest BCUT2D eigenvalue weighted by molar-refractivity contribution is -0.131. The molecule has 1 heterocycles. The third-order valence-corrected chi connectivity index (χ3v) is 1.16. The number of ketones is 1. The predicted octanol–water partition coefficient (Wildman–Crippen LogP) is 0.855. The fourth-order valence-electron chi connectivity index (χ4n) is 0.662. The fourth-order valence-corrected chi connectivity index (χ4v) is 0.662. The maximum Gasteiger partial charge on any atom is 0.380 e. The number of rotatable bonds is 2. The summed E-state index contributed by atoms with van der Waals surface area (Å²) in [6.45, 7) is 1.64. The number of carboxylic acid groups (broad SMARTS) is 1. The molecule has 0 radical (unpaired) electrons. The van der Waals surface area contributed by atoms with Crippen LogP contribution in [0.5, 0.6) is 0 Å². The van der Waals surface area contributed by atoms with Crippen molar-refractivity contribution in [3.63, 3.8) is 0 Å². The Morgan fingerprint density at radius 1 is 1.45 bits per heavy atom. The molecular formula is C7H6O4. The average Bonchev–Trinajstić information content (AvgIpc) is 2.34. The van der Waals surface area contributed by atoms with E-state index in [0.717, 1.165) is 0 Å². The van der Waals surface area contributed by atoms with Crippen LogP contribution in [0.15, 0.2) is 16.5 Å². The molecule has 1 aromatic heterocycles. The first kappa shape index (κ1) is 7.53. The van der Waals surface area contributed by atoms with Crippen LogP contribution in [0.2, 0.25) is 0 Å². The van der Waals surface area contributed by atoms with Crippen molar-refractivity contribution in [2.75, 3.05) is 0 Å². The van der Waals surface area contributed by atoms with Gasteiger partial charge in [0, 0.05) is 0 Å². The predicted molar refractivity (Wildman–Crippen MR) is 35.4 cm³/mol. The molecule has 0 spiro atoms. The molecule has 1 rings (SSSR count). The van der Waals surface area contributed by atoms with Crippen molar-refractivity contribution in [1.82, 2.24) is 0 Å². The number of aryl methyl sites for hydroxylation is 1. The van der Waals surface area contributed by atoms with E-state index in [0.29, 0.717) is 5.76 Å². The summed E-state index contributed by atoms with van der Waals surface area (Å²) < 4.78 is 4.78. The van der Waals surface area contributed by atoms with E-state index in [9.17, 15) is 9.59 Å². The number of carbonyl (C=O) groups is 2. The van der Waals surface area contributed by atoms with Gasteiger partial charge in [0.15, 0.2) is 5.76 Å². The lowest BCUT2D eigenvalue weighted by atomic mass is 10.3. The molecule has 0 fully saturated rings. The molecule has 0 saturated carbocycles. The SMILES string of the molecule is Cc1ccc(C(=O)C(=O)O)o1. The molecule has 1 N–H and O–H groups in total. The third-order valence-electron chi connectivity index (χ3n) is 1.16. The van der Waals surface area contributed by atoms with E-state index >= 15 is 0 Å². The number of hydrogen-bond acceptors (Lipinski definition) is 3. The highest BCUT2D eigenvalue weighted by Gasteiger charge is 2.17. The summed E-state index contributed by atoms with van der Waals surface area (Å²) in [5.41, 5.74) is 0. The number of carboxylic acids is 1. The molecular weight excluding hydrogens is 148 g/mol. The molecule has 0 aliphatic rings. The van der Waals surface area contributed by atoms with Gasteiger partial charge in [-0.25, -0.2) is 4.79 Å². The molecule has 0 saturated heterocycles. The molecule has 11 heavy (non-hydrogen) atoms. The lowest BCUT2D eigenvalue weighted by Gasteiger charge is -1.86. The Labute approximate surface area is 62.4 Å². The Bertz CT molecular complexity index is 297. The van der Waals surface area contributed by atoms with Gasteiger partial charge in [-0.2, -0.15) is 0 Å². The van der Waals surface area contributed by atoms with Crippen LogP contribution < -0.4 is 0 Å². The van der Waals surface area contributed by atoms with Crippen molar-refractivity contribution < 1.29 is 19.1 Å². The van der Waals surface area contributed by atoms with Crippen LogP contribution >= 0.6 is 0 Å². The number of furan rings is 1. The zero-order valence-corrected chi connectivity index (χ0v) is 5.83. The van der Waals surface area contributed by atoms with E-state index < -0.39 is 11.8 Å². The summed E-state index contributed by atoms with van der Waals surface area (Å²) in [6.07, 6.45) is 0. The second-order valence-electron chi connectivity index (χ2n) is 2.04. The Hall–Kier alpha value is -1.58. The van der Waals surface area contributed by atoms with Crippen LogP contribution in [0.1, 0.15) is 16.3 Å². The maximum atomic E-state index is 10.7. The Kier molecular flexibility index (Phi) is 1.76. The van der Waals surface area contributed by atoms with Crippen molar-refractivity contribution in [1.29, 1.82) is 0 Å². The largest absolute Gasteiger partial charge is 0.475 e. The molecule has 58 valence electrons. The molecule has 0 bridgehead atoms. The Morgan fingerprint density at radius 2 is 2.09 bits per heavy atom. The number of Topliss-reactive ketones (excluding diaryl/α,β-unsaturated/α-hetero) is 1. The van der Waals surface area contributed by atoms with Gasteiger partial charge in [0.2, 0.25) is 0 Å². The summed E-state index contributed by atoms with van der Waals surface area (Å²) in [4.78, 5) is 20.8. The molecule has 0 amide bonds. The van der Waals surface area contributed by atoms with Crippen molar-refractivity contribution in [3.8, 4) is 0 Å². The summed E-state index contributed by atoms with van der Waals surface area (Å²) in [5, 5.41) is 8.24. The van der Waals surface area contributed by atoms with Crippen molar-refractivity contribution >= 4 is 11.8 Å². The molecule has 0 aromatic carbocycles. The average molecular weight is 154 g/mol. The molecule has 1 aromatic rings. The highest BCUT2D eigenvalue weighted by molar-refractivity contribution is 6.38. The van der Waals surface area contributed by atoms with Crippen LogP contribution in [0, 0.1) is 6.92 Å². The summed E-state index contributed by atoms with van der Waals surface area (Å²) in [7, 11) is 0. The number of aliphatic carboxylic acids is 1. The minimum atomic E-state index is -1.50. The molecule has 0 aliphatic carbocycles. The van der Waals surface area contributed by atoms with Crippen molar-refractivity contribution in [3.05, 3.63) is 23.7 Å². The van der Waals surface area contributed by atoms with Gasteiger partial charge in [0.1, 0.15) is 5.76 Å². The molecule has 0 atom stereocenters. The van der Waals surface area contributed by atoms with Gasteiger partial charge in [-0.1, -0.05) is 0 Å². The van der Waals surface area contributed by atoms with Crippen LogP contribution in [0.3, 0.4) is 0 Å². The van der Waals surface area contributed by atoms with Gasteiger partial charge in [0.05, 0.1) is 0 Å². The van der Waals surface area contributed by atoms with E-state index in [1.807, 2.05) is 0 Å². The molecule has 4 nitrogen and oxygen atoms in total. The first-order valence-electron chi connectivity index (χ1n) is 2.95. The topological polar surface area (TPSA) is 67.5 Å². The molecule has 4 heteroatoms. The summed E-state index contributed by atoms with van der Waals surface area (Å²) in [6, 6.07) is 2.88. The highest BCUT2D eigenvalue weighted by Crippen LogP contribution is 2.06. The second-order valence-corrected chi connectivity index (χ2v) is 2.04. The van der Waals surface area contributed by atoms with Gasteiger partial charge in [-0.3, -0.25) is 4.79 Å². The molecule has 0 aliphatic heterocycles. The lowest BCUT2D eigenvalue weighted by Crippen LogP contribution is -2.11. The van der Waals surface area contributed by atoms with E-state index in [1.54, 1.807) is 6.92 Å². The van der Waals surface area contributed by atoms with Crippen LogP contribution in [0.25, 0.3) is 0 Å². The zero-order chi connectivity index (χ0) is 8.43. The zero-order valence-electron chi connectivity index (χ0n) is 5.83. The monoisotopic (exact) mass is 154 g/mol. The van der Waals surface area contributed by atoms with E-state index in [4.69, 9.17) is 9.52 Å². The first-order chi connectivity index (χ1) is 5.11. The number of hydrogen-bond donors (Lipinski definition) is 1. The Morgan fingerprint density at radius 3 is 2.45 bits per heavy atom. The van der Waals surface area contributed by atoms with Crippen LogP contribution in [-0.4, -0.2) is 16.9 Å². The van der Waals surface area contributed by atoms with E-state index in [2.05, 4.69) is 0 Å². The second kappa shape index (κ2) is 2.57. The van der Waals surface area contributed by atoms with Crippen LogP contribution in [0.4, 0.5) is 0 Å². The van der Waals surface area contributed by atoms with Gasteiger partial charge in [0.25, 0.3) is 0 Å². The minimum absolute atomic E-state index is 0.130. The summed E-state index contributed by atoms with van der Waals surface area (Å²) in [5.74, 6) is -2.12. The maximum absolute atomic E-state index is 10.7. The summed E-state index contributed by atoms with van der Waals surface area (Å²) >= 11 is 0. The first-order valence-corrected chi connectivity index (χ1v) is 2.95. The third kappa shape index (κ3) is 1.46.